The molecule has 26 heavy (non-hydrogen) atoms. The lowest BCUT2D eigenvalue weighted by Gasteiger charge is -2.24. The van der Waals surface area contributed by atoms with Crippen LogP contribution in [0.3, 0.4) is 0 Å². The number of aromatic nitrogens is 1. The average Bonchev–Trinajstić information content (AvgIpc) is 3.24. The molecule has 0 unspecified atom stereocenters. The highest BCUT2D eigenvalue weighted by molar-refractivity contribution is 7.90. The van der Waals surface area contributed by atoms with E-state index in [-0.39, 0.29) is 29.2 Å². The van der Waals surface area contributed by atoms with Gasteiger partial charge in [-0.1, -0.05) is 12.1 Å². The zero-order valence-electron chi connectivity index (χ0n) is 14.0. The van der Waals surface area contributed by atoms with Crippen molar-refractivity contribution in [2.45, 2.75) is 23.8 Å². The lowest BCUT2D eigenvalue weighted by molar-refractivity contribution is -0.130. The van der Waals surface area contributed by atoms with Gasteiger partial charge in [-0.25, -0.2) is 8.42 Å². The molecular formula is C18H18N4O3S. The maximum Gasteiger partial charge on any atom is 0.263 e. The Balaban J connectivity index is 1.53. The first-order valence-electron chi connectivity index (χ1n) is 8.42. The molecule has 2 aliphatic rings. The Morgan fingerprint density at radius 2 is 2.00 bits per heavy atom. The molecule has 1 aromatic heterocycles. The van der Waals surface area contributed by atoms with Crippen LogP contribution in [-0.4, -0.2) is 43.1 Å². The number of nitrogens with zero attached hydrogens (tertiary/aromatic N) is 3. The summed E-state index contributed by atoms with van der Waals surface area (Å²) in [7, 11) is -3.59. The summed E-state index contributed by atoms with van der Waals surface area (Å²) < 4.78 is 26.6. The van der Waals surface area contributed by atoms with E-state index in [9.17, 15) is 13.2 Å². The monoisotopic (exact) mass is 370 g/mol. The summed E-state index contributed by atoms with van der Waals surface area (Å²) >= 11 is 0. The second kappa shape index (κ2) is 6.53. The van der Waals surface area contributed by atoms with Crippen LogP contribution in [0.5, 0.6) is 0 Å². The van der Waals surface area contributed by atoms with Crippen LogP contribution in [0.25, 0.3) is 0 Å². The molecule has 1 amide bonds. The molecule has 1 fully saturated rings. The summed E-state index contributed by atoms with van der Waals surface area (Å²) in [5.74, 6) is 0.119. The smallest absolute Gasteiger partial charge is 0.263 e. The highest BCUT2D eigenvalue weighted by atomic mass is 32.2. The van der Waals surface area contributed by atoms with Gasteiger partial charge in [0.1, 0.15) is 12.4 Å². The number of amides is 1. The summed E-state index contributed by atoms with van der Waals surface area (Å²) in [5.41, 5.74) is 1.57. The van der Waals surface area contributed by atoms with Crippen LogP contribution in [0.4, 0.5) is 0 Å². The number of sulfonamides is 1. The molecule has 1 N–H and O–H groups in total. The number of likely N-dealkylation sites (tertiary alicyclic amines) is 1. The molecule has 7 nitrogen and oxygen atoms in total. The molecule has 2 aromatic rings. The Morgan fingerprint density at radius 1 is 1.23 bits per heavy atom. The maximum absolute atomic E-state index is 12.7. The van der Waals surface area contributed by atoms with Gasteiger partial charge in [0.25, 0.3) is 10.0 Å². The fraction of sp³-hybridized carbons (Fsp3) is 0.278. The zero-order valence-corrected chi connectivity index (χ0v) is 14.8. The molecule has 1 saturated heterocycles. The Morgan fingerprint density at radius 3 is 2.81 bits per heavy atom. The number of amidine groups is 1. The van der Waals surface area contributed by atoms with Crippen LogP contribution in [0, 0.1) is 0 Å². The third-order valence-electron chi connectivity index (χ3n) is 4.70. The minimum atomic E-state index is -3.59. The third kappa shape index (κ3) is 2.96. The first-order chi connectivity index (χ1) is 12.6. The minimum absolute atomic E-state index is 0.0262. The van der Waals surface area contributed by atoms with Gasteiger partial charge in [0.2, 0.25) is 5.91 Å². The predicted octanol–water partition coefficient (Wildman–Crippen LogP) is 1.48. The number of carbonyl (C=O) groups excluding carboxylic acids is 1. The van der Waals surface area contributed by atoms with Gasteiger partial charge in [0.05, 0.1) is 10.9 Å². The van der Waals surface area contributed by atoms with Gasteiger partial charge in [-0.15, -0.1) is 0 Å². The first-order valence-corrected chi connectivity index (χ1v) is 9.90. The van der Waals surface area contributed by atoms with Gasteiger partial charge in [0.15, 0.2) is 0 Å². The Kier molecular flexibility index (Phi) is 4.20. The van der Waals surface area contributed by atoms with Crippen molar-refractivity contribution in [1.29, 1.82) is 0 Å². The lowest BCUT2D eigenvalue weighted by Crippen LogP contribution is -2.33. The molecule has 0 spiro atoms. The quantitative estimate of drug-likeness (QED) is 0.886. The van der Waals surface area contributed by atoms with E-state index < -0.39 is 10.0 Å². The number of aliphatic imine (C=N–C) groups is 1. The third-order valence-corrected chi connectivity index (χ3v) is 6.10. The molecule has 0 aliphatic carbocycles. The molecule has 134 valence electrons. The first kappa shape index (κ1) is 16.7. The van der Waals surface area contributed by atoms with Crippen molar-refractivity contribution in [3.05, 3.63) is 59.9 Å². The fourth-order valence-electron chi connectivity index (χ4n) is 3.49. The highest BCUT2D eigenvalue weighted by Crippen LogP contribution is 2.31. The summed E-state index contributed by atoms with van der Waals surface area (Å²) in [5, 5.41) is 0. The molecule has 2 aliphatic heterocycles. The van der Waals surface area contributed by atoms with E-state index in [4.69, 9.17) is 0 Å². The SMILES string of the molecule is O=C(CN=C1NS(=O)(=O)c2ccccc21)N1CCC[C@@H]1c1ccncc1. The maximum atomic E-state index is 12.7. The van der Waals surface area contributed by atoms with E-state index in [0.29, 0.717) is 12.1 Å². The van der Waals surface area contributed by atoms with Crippen LogP contribution in [0.1, 0.15) is 30.0 Å². The Bertz CT molecular complexity index is 973. The predicted molar refractivity (Wildman–Crippen MR) is 96.1 cm³/mol. The topological polar surface area (TPSA) is 91.7 Å². The molecule has 8 heteroatoms. The number of benzene rings is 1. The van der Waals surface area contributed by atoms with E-state index in [1.807, 2.05) is 17.0 Å². The van der Waals surface area contributed by atoms with Crippen molar-refractivity contribution in [1.82, 2.24) is 14.6 Å². The van der Waals surface area contributed by atoms with Gasteiger partial charge in [-0.3, -0.25) is 19.5 Å². The number of rotatable bonds is 3. The summed E-state index contributed by atoms with van der Waals surface area (Å²) in [6.07, 6.45) is 5.29. The molecule has 1 atom stereocenters. The minimum Gasteiger partial charge on any atom is -0.334 e. The number of pyridine rings is 1. The number of hydrogen-bond donors (Lipinski definition) is 1. The molecule has 0 radical (unpaired) electrons. The van der Waals surface area contributed by atoms with Crippen molar-refractivity contribution in [2.75, 3.05) is 13.1 Å². The van der Waals surface area contributed by atoms with E-state index in [2.05, 4.69) is 14.7 Å². The standard InChI is InChI=1S/C18H18N4O3S/c23-17(22-11-3-5-15(22)13-7-9-19-10-8-13)12-20-18-14-4-1-2-6-16(14)26(24,25)21-18/h1-2,4,6-10,15H,3,5,11-12H2,(H,20,21)/t15-/m1/s1. The van der Waals surface area contributed by atoms with E-state index >= 15 is 0 Å². The lowest BCUT2D eigenvalue weighted by atomic mass is 10.1. The zero-order chi connectivity index (χ0) is 18.1. The molecular weight excluding hydrogens is 352 g/mol. The van der Waals surface area contributed by atoms with Crippen LogP contribution >= 0.6 is 0 Å². The van der Waals surface area contributed by atoms with Crippen LogP contribution < -0.4 is 4.72 Å². The van der Waals surface area contributed by atoms with Gasteiger partial charge < -0.3 is 4.90 Å². The number of nitrogens with one attached hydrogen (secondary N) is 1. The Hall–Kier alpha value is -2.74. The summed E-state index contributed by atoms with van der Waals surface area (Å²) in [6, 6.07) is 10.5. The molecule has 0 bridgehead atoms. The number of hydrogen-bond acceptors (Lipinski definition) is 5. The van der Waals surface area contributed by atoms with Gasteiger partial charge >= 0.3 is 0 Å². The molecule has 1 aromatic carbocycles. The fourth-order valence-corrected chi connectivity index (χ4v) is 4.74. The summed E-state index contributed by atoms with van der Waals surface area (Å²) in [4.78, 5) is 23.0. The highest BCUT2D eigenvalue weighted by Gasteiger charge is 2.32. The average molecular weight is 370 g/mol. The molecule has 3 heterocycles. The van der Waals surface area contributed by atoms with Crippen molar-refractivity contribution in [3.63, 3.8) is 0 Å². The second-order valence-electron chi connectivity index (χ2n) is 6.29. The van der Waals surface area contributed by atoms with Gasteiger partial charge in [-0.2, -0.15) is 0 Å². The van der Waals surface area contributed by atoms with E-state index in [1.165, 1.54) is 6.07 Å². The van der Waals surface area contributed by atoms with Gasteiger partial charge in [0, 0.05) is 24.5 Å². The van der Waals surface area contributed by atoms with E-state index in [0.717, 1.165) is 18.4 Å². The van der Waals surface area contributed by atoms with Crippen molar-refractivity contribution in [3.8, 4) is 0 Å². The van der Waals surface area contributed by atoms with Crippen LogP contribution in [0.15, 0.2) is 58.7 Å². The van der Waals surface area contributed by atoms with Gasteiger partial charge in [-0.05, 0) is 42.7 Å². The van der Waals surface area contributed by atoms with Crippen LogP contribution in [-0.2, 0) is 14.8 Å². The second-order valence-corrected chi connectivity index (χ2v) is 7.94. The number of fused-ring (bicyclic) bond motifs is 1. The van der Waals surface area contributed by atoms with Crippen LogP contribution in [0.2, 0.25) is 0 Å². The largest absolute Gasteiger partial charge is 0.334 e. The Labute approximate surface area is 151 Å². The van der Waals surface area contributed by atoms with E-state index in [1.54, 1.807) is 30.6 Å². The summed E-state index contributed by atoms with van der Waals surface area (Å²) in [6.45, 7) is 0.590. The normalized spacial score (nSPS) is 22.2. The van der Waals surface area contributed by atoms with Crippen molar-refractivity contribution < 1.29 is 13.2 Å². The van der Waals surface area contributed by atoms with Crippen molar-refractivity contribution >= 4 is 21.8 Å². The molecule has 0 saturated carbocycles. The number of carbonyl (C=O) groups is 1. The van der Waals surface area contributed by atoms with Crippen molar-refractivity contribution in [2.24, 2.45) is 4.99 Å². The molecule has 4 rings (SSSR count).